The number of hydrogen-bond acceptors (Lipinski definition) is 4. The minimum absolute atomic E-state index is 0.0863. The molecule has 6 heteroatoms. The Balaban J connectivity index is 1.36. The summed E-state index contributed by atoms with van der Waals surface area (Å²) in [5.41, 5.74) is 2.50. The van der Waals surface area contributed by atoms with Gasteiger partial charge in [-0.05, 0) is 74.4 Å². The number of rotatable bonds is 5. The van der Waals surface area contributed by atoms with Gasteiger partial charge in [-0.15, -0.1) is 0 Å². The van der Waals surface area contributed by atoms with E-state index in [1.165, 1.54) is 36.1 Å². The van der Waals surface area contributed by atoms with Gasteiger partial charge in [0.15, 0.2) is 0 Å². The molecule has 2 N–H and O–H groups in total. The summed E-state index contributed by atoms with van der Waals surface area (Å²) in [5, 5.41) is 13.7. The predicted octanol–water partition coefficient (Wildman–Crippen LogP) is 3.55. The van der Waals surface area contributed by atoms with Crippen LogP contribution in [0.25, 0.3) is 0 Å². The zero-order chi connectivity index (χ0) is 21.1. The fraction of sp³-hybridized carbons (Fsp3) is 0.458. The van der Waals surface area contributed by atoms with Gasteiger partial charge in [-0.25, -0.2) is 4.39 Å². The van der Waals surface area contributed by atoms with Gasteiger partial charge in [0.25, 0.3) is 0 Å². The maximum absolute atomic E-state index is 13.5. The Morgan fingerprint density at radius 3 is 2.83 bits per heavy atom. The Bertz CT molecular complexity index is 915. The molecule has 30 heavy (non-hydrogen) atoms. The van der Waals surface area contributed by atoms with Crippen molar-refractivity contribution < 1.29 is 19.0 Å². The summed E-state index contributed by atoms with van der Waals surface area (Å²) < 4.78 is 19.3. The van der Waals surface area contributed by atoms with Crippen molar-refractivity contribution in [2.45, 2.75) is 50.7 Å². The molecule has 1 amide bonds. The first-order valence-corrected chi connectivity index (χ1v) is 10.7. The Morgan fingerprint density at radius 2 is 2.03 bits per heavy atom. The van der Waals surface area contributed by atoms with Crippen LogP contribution in [0.15, 0.2) is 42.5 Å². The third kappa shape index (κ3) is 4.99. The predicted molar refractivity (Wildman–Crippen MR) is 114 cm³/mol. The molecule has 2 atom stereocenters. The molecule has 0 spiro atoms. The molecule has 0 bridgehead atoms. The number of halogens is 1. The van der Waals surface area contributed by atoms with Gasteiger partial charge in [0.2, 0.25) is 5.91 Å². The summed E-state index contributed by atoms with van der Waals surface area (Å²) in [4.78, 5) is 14.6. The van der Waals surface area contributed by atoms with E-state index in [1.807, 2.05) is 11.0 Å². The summed E-state index contributed by atoms with van der Waals surface area (Å²) in [5.74, 6) is -0.0957. The molecular weight excluding hydrogens is 383 g/mol. The monoisotopic (exact) mass is 412 g/mol. The first-order valence-electron chi connectivity index (χ1n) is 10.7. The highest BCUT2D eigenvalue weighted by atomic mass is 19.1. The maximum Gasteiger partial charge on any atom is 0.238 e. The number of anilines is 1. The average molecular weight is 413 g/mol. The van der Waals surface area contributed by atoms with Crippen LogP contribution in [0.4, 0.5) is 10.1 Å². The number of nitrogens with zero attached hydrogens (tertiary/aromatic N) is 1. The van der Waals surface area contributed by atoms with Gasteiger partial charge < -0.3 is 15.2 Å². The molecule has 1 aliphatic heterocycles. The quantitative estimate of drug-likeness (QED) is 0.789. The maximum atomic E-state index is 13.5. The number of ether oxygens (including phenoxy) is 1. The van der Waals surface area contributed by atoms with E-state index in [1.54, 1.807) is 19.1 Å². The number of piperidine rings is 1. The lowest BCUT2D eigenvalue weighted by molar-refractivity contribution is -0.122. The van der Waals surface area contributed by atoms with E-state index in [4.69, 9.17) is 4.74 Å². The van der Waals surface area contributed by atoms with Crippen molar-refractivity contribution in [1.82, 2.24) is 4.90 Å². The topological polar surface area (TPSA) is 61.8 Å². The largest absolute Gasteiger partial charge is 0.486 e. The standard InChI is InChI=1S/C24H29FN2O3/c1-24(29)11-12-27(15-22(24)30-21-8-4-7-19(25)14-21)16-23(28)26-20-10-9-17-5-2-3-6-18(17)13-20/h4,7-10,13-14,22,29H,2-3,5-6,11-12,15-16H2,1H3,(H,26,28)/t22-,24-/m0/s1. The van der Waals surface area contributed by atoms with Crippen LogP contribution in [-0.4, -0.2) is 47.3 Å². The highest BCUT2D eigenvalue weighted by molar-refractivity contribution is 5.92. The van der Waals surface area contributed by atoms with Crippen LogP contribution in [0.2, 0.25) is 0 Å². The van der Waals surface area contributed by atoms with E-state index in [0.29, 0.717) is 25.3 Å². The Hall–Kier alpha value is -2.44. The zero-order valence-corrected chi connectivity index (χ0v) is 17.4. The van der Waals surface area contributed by atoms with E-state index >= 15 is 0 Å². The summed E-state index contributed by atoms with van der Waals surface area (Å²) in [6.45, 7) is 2.92. The third-order valence-corrected chi connectivity index (χ3v) is 6.13. The second kappa shape index (κ2) is 8.74. The minimum Gasteiger partial charge on any atom is -0.486 e. The molecule has 0 radical (unpaired) electrons. The number of hydrogen-bond donors (Lipinski definition) is 2. The van der Waals surface area contributed by atoms with Crippen molar-refractivity contribution in [2.75, 3.05) is 25.0 Å². The number of amides is 1. The summed E-state index contributed by atoms with van der Waals surface area (Å²) >= 11 is 0. The third-order valence-electron chi connectivity index (χ3n) is 6.13. The molecule has 1 aliphatic carbocycles. The fourth-order valence-corrected chi connectivity index (χ4v) is 4.30. The van der Waals surface area contributed by atoms with E-state index < -0.39 is 11.7 Å². The lowest BCUT2D eigenvalue weighted by Gasteiger charge is -2.42. The lowest BCUT2D eigenvalue weighted by atomic mass is 9.90. The van der Waals surface area contributed by atoms with Gasteiger partial charge in [0.05, 0.1) is 6.54 Å². The van der Waals surface area contributed by atoms with Crippen molar-refractivity contribution in [2.24, 2.45) is 0 Å². The van der Waals surface area contributed by atoms with Gasteiger partial charge in [-0.1, -0.05) is 12.1 Å². The van der Waals surface area contributed by atoms with Crippen LogP contribution in [0.5, 0.6) is 5.75 Å². The lowest BCUT2D eigenvalue weighted by Crippen LogP contribution is -2.57. The number of likely N-dealkylation sites (tertiary alicyclic amines) is 1. The van der Waals surface area contributed by atoms with Crippen LogP contribution in [0, 0.1) is 5.82 Å². The molecule has 1 heterocycles. The molecule has 1 fully saturated rings. The number of nitrogens with one attached hydrogen (secondary N) is 1. The molecule has 2 aromatic rings. The number of fused-ring (bicyclic) bond motifs is 1. The van der Waals surface area contributed by atoms with Crippen LogP contribution in [0.1, 0.15) is 37.3 Å². The smallest absolute Gasteiger partial charge is 0.238 e. The van der Waals surface area contributed by atoms with Crippen molar-refractivity contribution >= 4 is 11.6 Å². The zero-order valence-electron chi connectivity index (χ0n) is 17.4. The van der Waals surface area contributed by atoms with Gasteiger partial charge in [0.1, 0.15) is 23.3 Å². The van der Waals surface area contributed by atoms with Crippen LogP contribution in [0.3, 0.4) is 0 Å². The molecule has 2 aliphatic rings. The van der Waals surface area contributed by atoms with Gasteiger partial charge in [-0.3, -0.25) is 9.69 Å². The SMILES string of the molecule is C[C@]1(O)CCN(CC(=O)Nc2ccc3c(c2)CCCC3)C[C@@H]1Oc1cccc(F)c1. The summed E-state index contributed by atoms with van der Waals surface area (Å²) in [7, 11) is 0. The van der Waals surface area contributed by atoms with Crippen molar-refractivity contribution in [3.05, 3.63) is 59.4 Å². The Labute approximate surface area is 176 Å². The van der Waals surface area contributed by atoms with E-state index in [-0.39, 0.29) is 18.3 Å². The van der Waals surface area contributed by atoms with Gasteiger partial charge in [0, 0.05) is 24.8 Å². The number of benzene rings is 2. The van der Waals surface area contributed by atoms with Crippen LogP contribution >= 0.6 is 0 Å². The molecule has 1 saturated heterocycles. The number of carbonyl (C=O) groups excluding carboxylic acids is 1. The number of aryl methyl sites for hydroxylation is 2. The van der Waals surface area contributed by atoms with E-state index in [9.17, 15) is 14.3 Å². The number of carbonyl (C=O) groups is 1. The first kappa shape index (κ1) is 20.8. The van der Waals surface area contributed by atoms with Crippen molar-refractivity contribution in [1.29, 1.82) is 0 Å². The average Bonchev–Trinajstić information content (AvgIpc) is 2.70. The second-order valence-corrected chi connectivity index (χ2v) is 8.64. The summed E-state index contributed by atoms with van der Waals surface area (Å²) in [6.07, 6.45) is 4.54. The van der Waals surface area contributed by atoms with Crippen LogP contribution < -0.4 is 10.1 Å². The van der Waals surface area contributed by atoms with E-state index in [2.05, 4.69) is 17.4 Å². The van der Waals surface area contributed by atoms with Crippen LogP contribution in [-0.2, 0) is 17.6 Å². The molecule has 160 valence electrons. The Kier molecular flexibility index (Phi) is 6.06. The first-order chi connectivity index (χ1) is 14.4. The molecule has 4 rings (SSSR count). The van der Waals surface area contributed by atoms with Gasteiger partial charge in [-0.2, -0.15) is 0 Å². The van der Waals surface area contributed by atoms with E-state index in [0.717, 1.165) is 18.5 Å². The fourth-order valence-electron chi connectivity index (χ4n) is 4.30. The second-order valence-electron chi connectivity index (χ2n) is 8.64. The molecule has 0 unspecified atom stereocenters. The molecule has 5 nitrogen and oxygen atoms in total. The highest BCUT2D eigenvalue weighted by Crippen LogP contribution is 2.27. The molecule has 2 aromatic carbocycles. The minimum atomic E-state index is -1.04. The number of aliphatic hydroxyl groups is 1. The molecule has 0 saturated carbocycles. The highest BCUT2D eigenvalue weighted by Gasteiger charge is 2.39. The summed E-state index contributed by atoms with van der Waals surface area (Å²) in [6, 6.07) is 12.1. The molecule has 0 aromatic heterocycles. The van der Waals surface area contributed by atoms with Crippen molar-refractivity contribution in [3.63, 3.8) is 0 Å². The van der Waals surface area contributed by atoms with Gasteiger partial charge >= 0.3 is 0 Å². The van der Waals surface area contributed by atoms with Crippen molar-refractivity contribution in [3.8, 4) is 5.75 Å². The Morgan fingerprint density at radius 1 is 1.23 bits per heavy atom. The molecular formula is C24H29FN2O3. The normalized spacial score (nSPS) is 24.2.